The monoisotopic (exact) mass is 404 g/mol. The number of carbonyl (C=O) groups excluding carboxylic acids is 3. The van der Waals surface area contributed by atoms with E-state index < -0.39 is 5.91 Å². The van der Waals surface area contributed by atoms with Gasteiger partial charge in [-0.1, -0.05) is 15.9 Å². The number of amides is 2. The molecule has 0 spiro atoms. The van der Waals surface area contributed by atoms with E-state index in [1.165, 1.54) is 6.92 Å². The second kappa shape index (κ2) is 8.98. The summed E-state index contributed by atoms with van der Waals surface area (Å²) in [7, 11) is 0. The van der Waals surface area contributed by atoms with Gasteiger partial charge < -0.3 is 15.4 Å². The third kappa shape index (κ3) is 6.39. The van der Waals surface area contributed by atoms with Gasteiger partial charge in [0.15, 0.2) is 12.4 Å². The molecule has 7 heteroatoms. The third-order valence-corrected chi connectivity index (χ3v) is 3.73. The molecular formula is C18H17BrN2O4. The van der Waals surface area contributed by atoms with Crippen molar-refractivity contribution in [3.05, 3.63) is 58.6 Å². The Balaban J connectivity index is 1.72. The molecule has 2 aromatic rings. The van der Waals surface area contributed by atoms with Crippen molar-refractivity contribution in [3.8, 4) is 5.75 Å². The van der Waals surface area contributed by atoms with Gasteiger partial charge in [0.05, 0.1) is 6.54 Å². The fourth-order valence-electron chi connectivity index (χ4n) is 1.90. The number of ether oxygens (including phenoxy) is 1. The summed E-state index contributed by atoms with van der Waals surface area (Å²) in [6.07, 6.45) is 0. The van der Waals surface area contributed by atoms with E-state index in [4.69, 9.17) is 4.74 Å². The van der Waals surface area contributed by atoms with Crippen LogP contribution in [-0.2, 0) is 9.59 Å². The van der Waals surface area contributed by atoms with Crippen LogP contribution in [0.15, 0.2) is 53.0 Å². The highest BCUT2D eigenvalue weighted by Crippen LogP contribution is 2.14. The molecule has 0 heterocycles. The first-order valence-corrected chi connectivity index (χ1v) is 8.29. The van der Waals surface area contributed by atoms with E-state index in [1.54, 1.807) is 48.5 Å². The van der Waals surface area contributed by atoms with E-state index in [2.05, 4.69) is 26.6 Å². The molecule has 2 amide bonds. The molecule has 0 aliphatic heterocycles. The van der Waals surface area contributed by atoms with Crippen molar-refractivity contribution < 1.29 is 19.1 Å². The van der Waals surface area contributed by atoms with Gasteiger partial charge in [0.2, 0.25) is 5.91 Å². The summed E-state index contributed by atoms with van der Waals surface area (Å²) in [6.45, 7) is 1.11. The van der Waals surface area contributed by atoms with Crippen LogP contribution in [-0.4, -0.2) is 30.7 Å². The molecule has 0 bridgehead atoms. The summed E-state index contributed by atoms with van der Waals surface area (Å²) in [4.78, 5) is 34.7. The Bertz CT molecular complexity index is 758. The maximum Gasteiger partial charge on any atom is 0.258 e. The van der Waals surface area contributed by atoms with Gasteiger partial charge in [-0.2, -0.15) is 0 Å². The molecule has 0 saturated carbocycles. The smallest absolute Gasteiger partial charge is 0.258 e. The van der Waals surface area contributed by atoms with Crippen LogP contribution in [0.2, 0.25) is 0 Å². The molecule has 0 fully saturated rings. The standard InChI is InChI=1S/C18H17BrN2O4/c1-12(22)13-2-8-16(9-3-13)25-11-18(24)20-10-17(23)21-15-6-4-14(19)5-7-15/h2-9H,10-11H2,1H3,(H,20,24)(H,21,23). The number of nitrogens with one attached hydrogen (secondary N) is 2. The lowest BCUT2D eigenvalue weighted by molar-refractivity contribution is -0.125. The van der Waals surface area contributed by atoms with Crippen molar-refractivity contribution in [2.45, 2.75) is 6.92 Å². The average molecular weight is 405 g/mol. The Labute approximate surface area is 153 Å². The third-order valence-electron chi connectivity index (χ3n) is 3.20. The molecule has 0 aromatic heterocycles. The number of halogens is 1. The lowest BCUT2D eigenvalue weighted by Gasteiger charge is -2.08. The van der Waals surface area contributed by atoms with Gasteiger partial charge >= 0.3 is 0 Å². The van der Waals surface area contributed by atoms with E-state index in [0.717, 1.165) is 4.47 Å². The largest absolute Gasteiger partial charge is 0.484 e. The number of hydrogen-bond donors (Lipinski definition) is 2. The zero-order valence-electron chi connectivity index (χ0n) is 13.5. The summed E-state index contributed by atoms with van der Waals surface area (Å²) < 4.78 is 6.22. The average Bonchev–Trinajstić information content (AvgIpc) is 2.60. The highest BCUT2D eigenvalue weighted by molar-refractivity contribution is 9.10. The molecule has 2 N–H and O–H groups in total. The summed E-state index contributed by atoms with van der Waals surface area (Å²) in [6, 6.07) is 13.6. The van der Waals surface area contributed by atoms with Gasteiger partial charge in [0, 0.05) is 15.7 Å². The number of carbonyl (C=O) groups is 3. The van der Waals surface area contributed by atoms with Crippen LogP contribution in [0.25, 0.3) is 0 Å². The number of rotatable bonds is 7. The van der Waals surface area contributed by atoms with Gasteiger partial charge in [-0.25, -0.2) is 0 Å². The minimum absolute atomic E-state index is 0.0407. The summed E-state index contributed by atoms with van der Waals surface area (Å²) in [5, 5.41) is 5.14. The Morgan fingerprint density at radius 2 is 1.60 bits per heavy atom. The van der Waals surface area contributed by atoms with E-state index in [-0.39, 0.29) is 24.8 Å². The molecule has 0 aliphatic rings. The van der Waals surface area contributed by atoms with E-state index in [1.807, 2.05) is 0 Å². The molecule has 0 saturated heterocycles. The number of anilines is 1. The number of hydrogen-bond acceptors (Lipinski definition) is 4. The normalized spacial score (nSPS) is 10.0. The van der Waals surface area contributed by atoms with Gasteiger partial charge in [0.1, 0.15) is 5.75 Å². The van der Waals surface area contributed by atoms with Gasteiger partial charge in [0.25, 0.3) is 5.91 Å². The van der Waals surface area contributed by atoms with Crippen molar-refractivity contribution in [1.29, 1.82) is 0 Å². The fraction of sp³-hybridized carbons (Fsp3) is 0.167. The predicted molar refractivity (Wildman–Crippen MR) is 97.7 cm³/mol. The number of ketones is 1. The zero-order valence-corrected chi connectivity index (χ0v) is 15.1. The molecular weight excluding hydrogens is 388 g/mol. The first kappa shape index (κ1) is 18.7. The Hall–Kier alpha value is -2.67. The van der Waals surface area contributed by atoms with Crippen LogP contribution in [0.5, 0.6) is 5.75 Å². The molecule has 130 valence electrons. The Morgan fingerprint density at radius 1 is 0.960 bits per heavy atom. The zero-order chi connectivity index (χ0) is 18.2. The van der Waals surface area contributed by atoms with Crippen molar-refractivity contribution in [1.82, 2.24) is 5.32 Å². The van der Waals surface area contributed by atoms with Crippen LogP contribution >= 0.6 is 15.9 Å². The topological polar surface area (TPSA) is 84.5 Å². The fourth-order valence-corrected chi connectivity index (χ4v) is 2.17. The Morgan fingerprint density at radius 3 is 2.20 bits per heavy atom. The van der Waals surface area contributed by atoms with E-state index >= 15 is 0 Å². The quantitative estimate of drug-likeness (QED) is 0.694. The lowest BCUT2D eigenvalue weighted by atomic mass is 10.1. The second-order valence-corrected chi connectivity index (χ2v) is 6.12. The molecule has 0 atom stereocenters. The highest BCUT2D eigenvalue weighted by atomic mass is 79.9. The molecule has 2 rings (SSSR count). The summed E-state index contributed by atoms with van der Waals surface area (Å²) >= 11 is 3.31. The van der Waals surface area contributed by atoms with Crippen molar-refractivity contribution in [2.24, 2.45) is 0 Å². The first-order valence-electron chi connectivity index (χ1n) is 7.50. The van der Waals surface area contributed by atoms with Gasteiger partial charge in [-0.15, -0.1) is 0 Å². The van der Waals surface area contributed by atoms with Crippen molar-refractivity contribution in [2.75, 3.05) is 18.5 Å². The van der Waals surface area contributed by atoms with Crippen LogP contribution < -0.4 is 15.4 Å². The molecule has 0 aliphatic carbocycles. The second-order valence-electron chi connectivity index (χ2n) is 5.20. The number of Topliss-reactive ketones (excluding diaryl/α,β-unsaturated/α-hetero) is 1. The Kier molecular flexibility index (Phi) is 6.71. The molecule has 6 nitrogen and oxygen atoms in total. The minimum Gasteiger partial charge on any atom is -0.484 e. The highest BCUT2D eigenvalue weighted by Gasteiger charge is 2.07. The van der Waals surface area contributed by atoms with Crippen LogP contribution in [0.4, 0.5) is 5.69 Å². The minimum atomic E-state index is -0.415. The van der Waals surface area contributed by atoms with Crippen molar-refractivity contribution >= 4 is 39.2 Å². The summed E-state index contributed by atoms with van der Waals surface area (Å²) in [5.41, 5.74) is 1.21. The van der Waals surface area contributed by atoms with Gasteiger partial charge in [-0.05, 0) is 55.5 Å². The molecule has 0 radical (unpaired) electrons. The summed E-state index contributed by atoms with van der Waals surface area (Å²) in [5.74, 6) is -0.316. The van der Waals surface area contributed by atoms with Gasteiger partial charge in [-0.3, -0.25) is 14.4 Å². The number of benzene rings is 2. The van der Waals surface area contributed by atoms with Crippen LogP contribution in [0, 0.1) is 0 Å². The van der Waals surface area contributed by atoms with Crippen LogP contribution in [0.1, 0.15) is 17.3 Å². The van der Waals surface area contributed by atoms with E-state index in [9.17, 15) is 14.4 Å². The maximum absolute atomic E-state index is 11.8. The van der Waals surface area contributed by atoms with Crippen LogP contribution in [0.3, 0.4) is 0 Å². The van der Waals surface area contributed by atoms with E-state index in [0.29, 0.717) is 17.0 Å². The lowest BCUT2D eigenvalue weighted by Crippen LogP contribution is -2.35. The molecule has 0 unspecified atom stereocenters. The molecule has 2 aromatic carbocycles. The maximum atomic E-state index is 11.8. The van der Waals surface area contributed by atoms with Crippen molar-refractivity contribution in [3.63, 3.8) is 0 Å². The first-order chi connectivity index (χ1) is 11.9. The predicted octanol–water partition coefficient (Wildman–Crippen LogP) is 2.79. The molecule has 25 heavy (non-hydrogen) atoms. The SMILES string of the molecule is CC(=O)c1ccc(OCC(=O)NCC(=O)Nc2ccc(Br)cc2)cc1.